The van der Waals surface area contributed by atoms with E-state index in [0.29, 0.717) is 11.5 Å². The monoisotopic (exact) mass is 428 g/mol. The highest BCUT2D eigenvalue weighted by atomic mass is 19.4. The normalized spacial score (nSPS) is 10.8. The smallest absolute Gasteiger partial charge is 0.422 e. The first-order valence-corrected chi connectivity index (χ1v) is 8.52. The van der Waals surface area contributed by atoms with E-state index in [9.17, 15) is 22.8 Å². The van der Waals surface area contributed by atoms with Crippen LogP contribution in [0.3, 0.4) is 0 Å². The molecule has 0 saturated carbocycles. The number of nitrogens with zero attached hydrogens (tertiary/aromatic N) is 1. The molecule has 0 bridgehead atoms. The number of carbonyl (C=O) groups is 2. The van der Waals surface area contributed by atoms with Gasteiger partial charge in [-0.25, -0.2) is 9.78 Å². The van der Waals surface area contributed by atoms with Crippen LogP contribution in [0.15, 0.2) is 36.5 Å². The lowest BCUT2D eigenvalue weighted by Gasteiger charge is -2.11. The Labute approximate surface area is 169 Å². The van der Waals surface area contributed by atoms with Crippen LogP contribution in [-0.2, 0) is 16.1 Å². The number of benzene rings is 1. The predicted molar refractivity (Wildman–Crippen MR) is 97.5 cm³/mol. The minimum absolute atomic E-state index is 0.0398. The van der Waals surface area contributed by atoms with Crippen LogP contribution in [0.5, 0.6) is 17.4 Å². The molecule has 2 rings (SSSR count). The average Bonchev–Trinajstić information content (AvgIpc) is 2.74. The molecule has 0 spiro atoms. The van der Waals surface area contributed by atoms with Crippen molar-refractivity contribution in [2.45, 2.75) is 12.7 Å². The van der Waals surface area contributed by atoms with Gasteiger partial charge in [0.05, 0.1) is 19.8 Å². The molecule has 1 aromatic heterocycles. The van der Waals surface area contributed by atoms with Gasteiger partial charge in [0, 0.05) is 18.8 Å². The van der Waals surface area contributed by atoms with Crippen LogP contribution in [0, 0.1) is 0 Å². The van der Waals surface area contributed by atoms with Crippen LogP contribution >= 0.6 is 0 Å². The third-order valence-corrected chi connectivity index (χ3v) is 3.63. The van der Waals surface area contributed by atoms with E-state index in [2.05, 4.69) is 15.0 Å². The van der Waals surface area contributed by atoms with Gasteiger partial charge in [0.2, 0.25) is 5.88 Å². The number of ether oxygens (including phenoxy) is 4. The van der Waals surface area contributed by atoms with Gasteiger partial charge in [0.15, 0.2) is 24.7 Å². The fourth-order valence-corrected chi connectivity index (χ4v) is 2.20. The molecule has 11 heteroatoms. The number of hydrogen-bond acceptors (Lipinski definition) is 7. The molecule has 162 valence electrons. The van der Waals surface area contributed by atoms with Crippen LogP contribution in [0.4, 0.5) is 13.2 Å². The number of nitrogens with one attached hydrogen (secondary N) is 1. The molecular formula is C19H19F3N2O6. The topological polar surface area (TPSA) is 96.0 Å². The zero-order chi connectivity index (χ0) is 22.1. The second-order valence-electron chi connectivity index (χ2n) is 5.83. The molecule has 1 amide bonds. The van der Waals surface area contributed by atoms with Crippen LogP contribution < -0.4 is 19.5 Å². The van der Waals surface area contributed by atoms with Gasteiger partial charge in [0.25, 0.3) is 5.91 Å². The molecule has 0 aliphatic carbocycles. The fourth-order valence-electron chi connectivity index (χ4n) is 2.20. The van der Waals surface area contributed by atoms with Gasteiger partial charge in [-0.05, 0) is 23.8 Å². The molecule has 0 unspecified atom stereocenters. The van der Waals surface area contributed by atoms with Crippen LogP contribution in [0.1, 0.15) is 15.9 Å². The van der Waals surface area contributed by atoms with Crippen LogP contribution in [0.25, 0.3) is 0 Å². The number of pyridine rings is 1. The van der Waals surface area contributed by atoms with E-state index in [1.165, 1.54) is 20.3 Å². The third-order valence-electron chi connectivity index (χ3n) is 3.63. The first kappa shape index (κ1) is 22.8. The number of methoxy groups -OCH3 is 2. The molecule has 1 heterocycles. The molecule has 8 nitrogen and oxygen atoms in total. The van der Waals surface area contributed by atoms with Crippen molar-refractivity contribution >= 4 is 11.9 Å². The Balaban J connectivity index is 1.79. The Morgan fingerprint density at radius 3 is 2.40 bits per heavy atom. The lowest BCUT2D eigenvalue weighted by molar-refractivity contribution is -0.154. The van der Waals surface area contributed by atoms with Crippen molar-refractivity contribution in [3.63, 3.8) is 0 Å². The van der Waals surface area contributed by atoms with E-state index in [4.69, 9.17) is 14.2 Å². The van der Waals surface area contributed by atoms with Crippen LogP contribution in [0.2, 0.25) is 0 Å². The molecule has 1 aromatic carbocycles. The Morgan fingerprint density at radius 1 is 1.07 bits per heavy atom. The van der Waals surface area contributed by atoms with Crippen molar-refractivity contribution in [2.24, 2.45) is 0 Å². The molecule has 0 atom stereocenters. The number of halogens is 3. The zero-order valence-corrected chi connectivity index (χ0v) is 16.1. The molecule has 30 heavy (non-hydrogen) atoms. The van der Waals surface area contributed by atoms with E-state index >= 15 is 0 Å². The molecule has 0 saturated heterocycles. The fraction of sp³-hybridized carbons (Fsp3) is 0.316. The summed E-state index contributed by atoms with van der Waals surface area (Å²) in [5.41, 5.74) is 0.702. The average molecular weight is 428 g/mol. The maximum absolute atomic E-state index is 12.1. The van der Waals surface area contributed by atoms with E-state index in [0.717, 1.165) is 17.8 Å². The van der Waals surface area contributed by atoms with Gasteiger partial charge >= 0.3 is 12.1 Å². The van der Waals surface area contributed by atoms with E-state index in [-0.39, 0.29) is 18.0 Å². The summed E-state index contributed by atoms with van der Waals surface area (Å²) in [7, 11) is 3.00. The summed E-state index contributed by atoms with van der Waals surface area (Å²) in [6.07, 6.45) is -3.50. The number of carbonyl (C=O) groups excluding carboxylic acids is 2. The number of rotatable bonds is 9. The molecular weight excluding hydrogens is 409 g/mol. The maximum atomic E-state index is 12.1. The van der Waals surface area contributed by atoms with Gasteiger partial charge in [-0.3, -0.25) is 4.79 Å². The minimum atomic E-state index is -4.50. The summed E-state index contributed by atoms with van der Waals surface area (Å²) in [5, 5.41) is 2.58. The summed E-state index contributed by atoms with van der Waals surface area (Å²) in [4.78, 5) is 27.4. The summed E-state index contributed by atoms with van der Waals surface area (Å²) in [6, 6.07) is 7.40. The molecule has 2 aromatic rings. The van der Waals surface area contributed by atoms with Crippen molar-refractivity contribution < 1.29 is 41.7 Å². The molecule has 0 aliphatic heterocycles. The van der Waals surface area contributed by atoms with E-state index in [1.807, 2.05) is 0 Å². The standard InChI is InChI=1S/C19H19F3N2O6/c1-27-14-5-3-12(7-15(14)28-2)8-23-16(25)10-29-18(26)13-4-6-17(24-9-13)30-11-19(20,21)22/h3-7,9H,8,10-11H2,1-2H3,(H,23,25). The summed E-state index contributed by atoms with van der Waals surface area (Å²) >= 11 is 0. The first-order chi connectivity index (χ1) is 14.2. The predicted octanol–water partition coefficient (Wildman–Crippen LogP) is 2.51. The van der Waals surface area contributed by atoms with Crippen molar-refractivity contribution in [1.29, 1.82) is 0 Å². The SMILES string of the molecule is COc1ccc(CNC(=O)COC(=O)c2ccc(OCC(F)(F)F)nc2)cc1OC. The molecule has 0 radical (unpaired) electrons. The lowest BCUT2D eigenvalue weighted by Crippen LogP contribution is -2.28. The number of alkyl halides is 3. The Morgan fingerprint density at radius 2 is 1.80 bits per heavy atom. The van der Waals surface area contributed by atoms with Gasteiger partial charge in [-0.2, -0.15) is 13.2 Å². The summed E-state index contributed by atoms with van der Waals surface area (Å²) in [5.74, 6) is -0.644. The first-order valence-electron chi connectivity index (χ1n) is 8.52. The Kier molecular flexibility index (Phi) is 7.84. The number of aromatic nitrogens is 1. The molecule has 1 N–H and O–H groups in total. The van der Waals surface area contributed by atoms with Gasteiger partial charge in [-0.15, -0.1) is 0 Å². The molecule has 0 aliphatic rings. The van der Waals surface area contributed by atoms with E-state index in [1.54, 1.807) is 18.2 Å². The van der Waals surface area contributed by atoms with Gasteiger partial charge in [-0.1, -0.05) is 6.07 Å². The number of hydrogen-bond donors (Lipinski definition) is 1. The summed E-state index contributed by atoms with van der Waals surface area (Å²) in [6.45, 7) is -1.87. The second-order valence-corrected chi connectivity index (χ2v) is 5.83. The van der Waals surface area contributed by atoms with Gasteiger partial charge in [0.1, 0.15) is 0 Å². The maximum Gasteiger partial charge on any atom is 0.422 e. The highest BCUT2D eigenvalue weighted by Crippen LogP contribution is 2.27. The second kappa shape index (κ2) is 10.3. The Bertz CT molecular complexity index is 872. The van der Waals surface area contributed by atoms with Crippen molar-refractivity contribution in [3.8, 4) is 17.4 Å². The summed E-state index contributed by atoms with van der Waals surface area (Å²) < 4.78 is 55.9. The van der Waals surface area contributed by atoms with E-state index < -0.39 is 31.3 Å². The van der Waals surface area contributed by atoms with Crippen LogP contribution in [-0.4, -0.2) is 50.5 Å². The molecule has 0 fully saturated rings. The third kappa shape index (κ3) is 7.15. The Hall–Kier alpha value is -3.50. The van der Waals surface area contributed by atoms with Crippen molar-refractivity contribution in [3.05, 3.63) is 47.7 Å². The van der Waals surface area contributed by atoms with Gasteiger partial charge < -0.3 is 24.3 Å². The highest BCUT2D eigenvalue weighted by Gasteiger charge is 2.28. The quantitative estimate of drug-likeness (QED) is 0.613. The highest BCUT2D eigenvalue weighted by molar-refractivity contribution is 5.91. The number of amides is 1. The largest absolute Gasteiger partial charge is 0.493 e. The minimum Gasteiger partial charge on any atom is -0.493 e. The van der Waals surface area contributed by atoms with Crippen molar-refractivity contribution in [1.82, 2.24) is 10.3 Å². The lowest BCUT2D eigenvalue weighted by atomic mass is 10.2. The number of esters is 1. The zero-order valence-electron chi connectivity index (χ0n) is 16.1. The van der Waals surface area contributed by atoms with Crippen molar-refractivity contribution in [2.75, 3.05) is 27.4 Å².